The van der Waals surface area contributed by atoms with Crippen molar-refractivity contribution in [2.75, 3.05) is 0 Å². The molecule has 128 valence electrons. The number of rotatable bonds is 3. The first kappa shape index (κ1) is 17.0. The first-order chi connectivity index (χ1) is 11.9. The summed E-state index contributed by atoms with van der Waals surface area (Å²) in [6.07, 6.45) is 1.71. The number of aromatic nitrogens is 1. The molecule has 0 unspecified atom stereocenters. The van der Waals surface area contributed by atoms with Crippen LogP contribution in [-0.4, -0.2) is 16.6 Å². The van der Waals surface area contributed by atoms with E-state index in [0.29, 0.717) is 5.56 Å². The maximum Gasteiger partial charge on any atom is 0.273 e. The lowest BCUT2D eigenvalue weighted by atomic mass is 9.86. The van der Waals surface area contributed by atoms with Crippen LogP contribution in [0.4, 0.5) is 0 Å². The second kappa shape index (κ2) is 6.55. The average Bonchev–Trinajstić information content (AvgIpc) is 3.03. The Hall–Kier alpha value is -2.88. The predicted octanol–water partition coefficient (Wildman–Crippen LogP) is 4.62. The molecular weight excluding hydrogens is 310 g/mol. The fourth-order valence-corrected chi connectivity index (χ4v) is 2.73. The molecule has 0 aliphatic rings. The van der Waals surface area contributed by atoms with E-state index in [2.05, 4.69) is 48.4 Å². The summed E-state index contributed by atoms with van der Waals surface area (Å²) in [7, 11) is 0. The van der Waals surface area contributed by atoms with Crippen molar-refractivity contribution in [2.24, 2.45) is 5.10 Å². The smallest absolute Gasteiger partial charge is 0.273 e. The summed E-state index contributed by atoms with van der Waals surface area (Å²) < 4.78 is 0. The Morgan fingerprint density at radius 2 is 1.72 bits per heavy atom. The molecule has 3 aromatic rings. The molecule has 0 radical (unpaired) electrons. The molecule has 4 nitrogen and oxygen atoms in total. The highest BCUT2D eigenvalue weighted by atomic mass is 16.2. The second-order valence-corrected chi connectivity index (χ2v) is 7.21. The molecule has 0 aliphatic heterocycles. The molecule has 2 aromatic carbocycles. The van der Waals surface area contributed by atoms with Gasteiger partial charge in [0.15, 0.2) is 0 Å². The summed E-state index contributed by atoms with van der Waals surface area (Å²) in [5.41, 5.74) is 7.33. The molecule has 3 rings (SSSR count). The quantitative estimate of drug-likeness (QED) is 0.533. The highest BCUT2D eigenvalue weighted by Gasteiger charge is 2.14. The van der Waals surface area contributed by atoms with E-state index in [4.69, 9.17) is 0 Å². The highest BCUT2D eigenvalue weighted by Crippen LogP contribution is 2.22. The maximum atomic E-state index is 12.4. The van der Waals surface area contributed by atoms with Gasteiger partial charge in [-0.25, -0.2) is 5.43 Å². The van der Waals surface area contributed by atoms with Crippen LogP contribution in [0.2, 0.25) is 0 Å². The van der Waals surface area contributed by atoms with Crippen molar-refractivity contribution in [1.82, 2.24) is 10.4 Å². The largest absolute Gasteiger partial charge is 0.360 e. The minimum Gasteiger partial charge on any atom is -0.360 e. The van der Waals surface area contributed by atoms with E-state index < -0.39 is 0 Å². The third-order valence-corrected chi connectivity index (χ3v) is 4.33. The van der Waals surface area contributed by atoms with Crippen LogP contribution >= 0.6 is 0 Å². The van der Waals surface area contributed by atoms with Crippen LogP contribution in [0.25, 0.3) is 10.9 Å². The normalized spacial score (nSPS) is 12.4. The Morgan fingerprint density at radius 3 is 2.40 bits per heavy atom. The molecule has 0 saturated heterocycles. The van der Waals surface area contributed by atoms with Crippen LogP contribution in [0.1, 0.15) is 49.2 Å². The number of carbonyl (C=O) groups is 1. The molecule has 4 heteroatoms. The molecule has 0 bridgehead atoms. The van der Waals surface area contributed by atoms with Crippen molar-refractivity contribution in [3.8, 4) is 0 Å². The van der Waals surface area contributed by atoms with Crippen LogP contribution in [0.5, 0.6) is 0 Å². The molecule has 2 N–H and O–H groups in total. The molecule has 0 spiro atoms. The van der Waals surface area contributed by atoms with E-state index in [1.54, 1.807) is 6.20 Å². The summed E-state index contributed by atoms with van der Waals surface area (Å²) >= 11 is 0. The number of nitrogens with one attached hydrogen (secondary N) is 2. The monoisotopic (exact) mass is 333 g/mol. The summed E-state index contributed by atoms with van der Waals surface area (Å²) in [4.78, 5) is 15.5. The fourth-order valence-electron chi connectivity index (χ4n) is 2.73. The standard InChI is InChI=1S/C21H23N3O/c1-14(15-9-11-16(12-10-15)21(2,3)4)23-24-20(25)18-13-22-19-8-6-5-7-17(18)19/h5-13,22H,1-4H3,(H,24,25)/b23-14+. The van der Waals surface area contributed by atoms with Crippen molar-refractivity contribution in [3.05, 3.63) is 71.4 Å². The Bertz CT molecular complexity index is 928. The van der Waals surface area contributed by atoms with E-state index >= 15 is 0 Å². The summed E-state index contributed by atoms with van der Waals surface area (Å²) in [5, 5.41) is 5.14. The Balaban J connectivity index is 1.76. The minimum atomic E-state index is -0.219. The van der Waals surface area contributed by atoms with Crippen LogP contribution < -0.4 is 5.43 Å². The van der Waals surface area contributed by atoms with E-state index in [1.807, 2.05) is 43.3 Å². The number of carbonyl (C=O) groups excluding carboxylic acids is 1. The molecular formula is C21H23N3O. The van der Waals surface area contributed by atoms with Gasteiger partial charge in [-0.15, -0.1) is 0 Å². The predicted molar refractivity (Wildman–Crippen MR) is 103 cm³/mol. The van der Waals surface area contributed by atoms with Crippen LogP contribution in [-0.2, 0) is 5.41 Å². The van der Waals surface area contributed by atoms with Gasteiger partial charge in [0.2, 0.25) is 0 Å². The second-order valence-electron chi connectivity index (χ2n) is 7.21. The van der Waals surface area contributed by atoms with Gasteiger partial charge in [-0.05, 0) is 29.5 Å². The first-order valence-corrected chi connectivity index (χ1v) is 8.38. The number of aromatic amines is 1. The zero-order valence-corrected chi connectivity index (χ0v) is 15.1. The van der Waals surface area contributed by atoms with E-state index in [0.717, 1.165) is 22.2 Å². The number of para-hydroxylation sites is 1. The summed E-state index contributed by atoms with van der Waals surface area (Å²) in [6, 6.07) is 16.0. The maximum absolute atomic E-state index is 12.4. The SMILES string of the molecule is C/C(=N\NC(=O)c1c[nH]c2ccccc12)c1ccc(C(C)(C)C)cc1. The lowest BCUT2D eigenvalue weighted by Gasteiger charge is -2.19. The number of hydrogen-bond donors (Lipinski definition) is 2. The number of nitrogens with zero attached hydrogens (tertiary/aromatic N) is 1. The van der Waals surface area contributed by atoms with Gasteiger partial charge in [0.1, 0.15) is 0 Å². The van der Waals surface area contributed by atoms with Gasteiger partial charge in [0, 0.05) is 17.1 Å². The number of hydrogen-bond acceptors (Lipinski definition) is 2. The zero-order valence-electron chi connectivity index (χ0n) is 15.1. The Labute approximate surface area is 148 Å². The number of fused-ring (bicyclic) bond motifs is 1. The average molecular weight is 333 g/mol. The third-order valence-electron chi connectivity index (χ3n) is 4.33. The molecule has 25 heavy (non-hydrogen) atoms. The van der Waals surface area contributed by atoms with Gasteiger partial charge in [-0.3, -0.25) is 4.79 Å². The van der Waals surface area contributed by atoms with Crippen LogP contribution in [0.15, 0.2) is 59.8 Å². The lowest BCUT2D eigenvalue weighted by molar-refractivity contribution is 0.0956. The van der Waals surface area contributed by atoms with Crippen molar-refractivity contribution >= 4 is 22.5 Å². The fraction of sp³-hybridized carbons (Fsp3) is 0.238. The number of amides is 1. The van der Waals surface area contributed by atoms with Gasteiger partial charge in [0.05, 0.1) is 11.3 Å². The van der Waals surface area contributed by atoms with Gasteiger partial charge < -0.3 is 4.98 Å². The van der Waals surface area contributed by atoms with E-state index in [9.17, 15) is 4.79 Å². The molecule has 0 fully saturated rings. The van der Waals surface area contributed by atoms with Gasteiger partial charge in [0.25, 0.3) is 5.91 Å². The molecule has 0 saturated carbocycles. The molecule has 1 amide bonds. The molecule has 1 aromatic heterocycles. The van der Waals surface area contributed by atoms with Gasteiger partial charge in [-0.2, -0.15) is 5.10 Å². The molecule has 0 atom stereocenters. The van der Waals surface area contributed by atoms with Crippen LogP contribution in [0.3, 0.4) is 0 Å². The van der Waals surface area contributed by atoms with Crippen molar-refractivity contribution in [1.29, 1.82) is 0 Å². The Morgan fingerprint density at radius 1 is 1.04 bits per heavy atom. The Kier molecular flexibility index (Phi) is 4.45. The minimum absolute atomic E-state index is 0.118. The zero-order chi connectivity index (χ0) is 18.0. The number of hydrazone groups is 1. The topological polar surface area (TPSA) is 57.2 Å². The van der Waals surface area contributed by atoms with Crippen molar-refractivity contribution in [3.63, 3.8) is 0 Å². The lowest BCUT2D eigenvalue weighted by Crippen LogP contribution is -2.19. The number of benzene rings is 2. The number of H-pyrrole nitrogens is 1. The van der Waals surface area contributed by atoms with E-state index in [-0.39, 0.29) is 11.3 Å². The molecule has 0 aliphatic carbocycles. The van der Waals surface area contributed by atoms with Crippen molar-refractivity contribution < 1.29 is 4.79 Å². The third kappa shape index (κ3) is 3.63. The summed E-state index contributed by atoms with van der Waals surface area (Å²) in [6.45, 7) is 8.45. The van der Waals surface area contributed by atoms with Gasteiger partial charge >= 0.3 is 0 Å². The van der Waals surface area contributed by atoms with Gasteiger partial charge in [-0.1, -0.05) is 63.2 Å². The summed E-state index contributed by atoms with van der Waals surface area (Å²) in [5.74, 6) is -0.219. The van der Waals surface area contributed by atoms with Crippen LogP contribution in [0, 0.1) is 0 Å². The molecule has 1 heterocycles. The van der Waals surface area contributed by atoms with E-state index in [1.165, 1.54) is 5.56 Å². The first-order valence-electron chi connectivity index (χ1n) is 8.38. The highest BCUT2D eigenvalue weighted by molar-refractivity contribution is 6.07. The van der Waals surface area contributed by atoms with Crippen molar-refractivity contribution in [2.45, 2.75) is 33.1 Å².